The minimum absolute atomic E-state index is 0.0627. The second kappa shape index (κ2) is 13.5. The predicted octanol–water partition coefficient (Wildman–Crippen LogP) is 4.14. The number of ether oxygens (including phenoxy) is 1. The average Bonchev–Trinajstić information content (AvgIpc) is 3.55. The van der Waals surface area contributed by atoms with Gasteiger partial charge in [0, 0.05) is 37.1 Å². The van der Waals surface area contributed by atoms with E-state index in [1.165, 1.54) is 0 Å². The predicted molar refractivity (Wildman–Crippen MR) is 164 cm³/mol. The Bertz CT molecular complexity index is 1130. The van der Waals surface area contributed by atoms with E-state index in [0.717, 1.165) is 31.4 Å². The van der Waals surface area contributed by atoms with Crippen LogP contribution in [0.4, 0.5) is 5.69 Å². The van der Waals surface area contributed by atoms with Crippen LogP contribution in [0, 0.1) is 17.8 Å². The minimum atomic E-state index is -0.727. The second-order valence-corrected chi connectivity index (χ2v) is 12.8. The van der Waals surface area contributed by atoms with Crippen LogP contribution in [0.5, 0.6) is 5.75 Å². The van der Waals surface area contributed by atoms with Gasteiger partial charge in [-0.1, -0.05) is 38.8 Å². The number of likely N-dealkylation sites (tertiary alicyclic amines) is 1. The molecular weight excluding hydrogens is 538 g/mol. The lowest BCUT2D eigenvalue weighted by atomic mass is 9.65. The zero-order chi connectivity index (χ0) is 29.7. The van der Waals surface area contributed by atoms with E-state index in [2.05, 4.69) is 27.0 Å². The third kappa shape index (κ3) is 5.55. The highest BCUT2D eigenvalue weighted by atomic mass is 32.2. The molecular formula is C32H45N3O5S. The first-order valence-electron chi connectivity index (χ1n) is 14.9. The number of benzene rings is 1. The van der Waals surface area contributed by atoms with Crippen LogP contribution in [0.2, 0.25) is 0 Å². The molecule has 3 heterocycles. The van der Waals surface area contributed by atoms with E-state index in [1.807, 2.05) is 36.1 Å². The molecule has 3 saturated heterocycles. The Morgan fingerprint density at radius 2 is 1.85 bits per heavy atom. The minimum Gasteiger partial charge on any atom is -0.494 e. The molecule has 3 aliphatic heterocycles. The number of hydrogen-bond acceptors (Lipinski definition) is 6. The number of carbonyl (C=O) groups is 3. The maximum absolute atomic E-state index is 14.4. The van der Waals surface area contributed by atoms with Crippen molar-refractivity contribution < 1.29 is 24.2 Å². The molecule has 3 unspecified atom stereocenters. The Labute approximate surface area is 248 Å². The van der Waals surface area contributed by atoms with Gasteiger partial charge in [0.1, 0.15) is 11.8 Å². The summed E-state index contributed by atoms with van der Waals surface area (Å²) in [5.41, 5.74) is 0.714. The molecule has 3 fully saturated rings. The summed E-state index contributed by atoms with van der Waals surface area (Å²) in [6.07, 6.45) is 7.09. The average molecular weight is 584 g/mol. The van der Waals surface area contributed by atoms with Crippen molar-refractivity contribution in [2.75, 3.05) is 44.3 Å². The lowest BCUT2D eigenvalue weighted by molar-refractivity contribution is -0.143. The molecule has 1 aromatic rings. The van der Waals surface area contributed by atoms with Crippen LogP contribution in [-0.4, -0.2) is 88.1 Å². The van der Waals surface area contributed by atoms with Crippen molar-refractivity contribution in [2.24, 2.45) is 17.8 Å². The lowest BCUT2D eigenvalue weighted by Gasteiger charge is -2.41. The highest BCUT2D eigenvalue weighted by Gasteiger charge is 2.76. The van der Waals surface area contributed by atoms with Gasteiger partial charge in [-0.2, -0.15) is 0 Å². The maximum Gasteiger partial charge on any atom is 0.247 e. The number of carbonyl (C=O) groups excluding carboxylic acids is 3. The van der Waals surface area contributed by atoms with Crippen molar-refractivity contribution in [3.63, 3.8) is 0 Å². The molecule has 3 aliphatic rings. The van der Waals surface area contributed by atoms with Gasteiger partial charge in [0.25, 0.3) is 0 Å². The fourth-order valence-corrected chi connectivity index (χ4v) is 9.53. The molecule has 3 amide bonds. The molecule has 1 spiro atoms. The van der Waals surface area contributed by atoms with Crippen molar-refractivity contribution in [3.8, 4) is 5.75 Å². The molecule has 4 rings (SSSR count). The Morgan fingerprint density at radius 1 is 1.15 bits per heavy atom. The van der Waals surface area contributed by atoms with E-state index in [1.54, 1.807) is 33.7 Å². The van der Waals surface area contributed by atoms with Crippen LogP contribution < -0.4 is 9.64 Å². The summed E-state index contributed by atoms with van der Waals surface area (Å²) in [6.45, 7) is 15.6. The fraction of sp³-hybridized carbons (Fsp3) is 0.594. The van der Waals surface area contributed by atoms with Crippen molar-refractivity contribution in [3.05, 3.63) is 49.6 Å². The number of aliphatic hydroxyl groups excluding tert-OH is 1. The van der Waals surface area contributed by atoms with E-state index in [9.17, 15) is 19.5 Å². The summed E-state index contributed by atoms with van der Waals surface area (Å²) in [5, 5.41) is 9.89. The van der Waals surface area contributed by atoms with Crippen molar-refractivity contribution >= 4 is 35.2 Å². The number of rotatable bonds is 15. The fourth-order valence-electron chi connectivity index (χ4n) is 7.12. The van der Waals surface area contributed by atoms with E-state index in [-0.39, 0.29) is 42.0 Å². The molecule has 0 saturated carbocycles. The molecule has 0 radical (unpaired) electrons. The van der Waals surface area contributed by atoms with Gasteiger partial charge in [-0.05, 0) is 49.9 Å². The zero-order valence-corrected chi connectivity index (χ0v) is 25.5. The van der Waals surface area contributed by atoms with Gasteiger partial charge in [0.15, 0.2) is 0 Å². The van der Waals surface area contributed by atoms with Gasteiger partial charge >= 0.3 is 0 Å². The van der Waals surface area contributed by atoms with Gasteiger partial charge in [-0.3, -0.25) is 14.4 Å². The molecule has 41 heavy (non-hydrogen) atoms. The van der Waals surface area contributed by atoms with Crippen molar-refractivity contribution in [2.45, 2.75) is 62.5 Å². The summed E-state index contributed by atoms with van der Waals surface area (Å²) in [5.74, 6) is -0.843. The highest BCUT2D eigenvalue weighted by molar-refractivity contribution is 8.02. The first-order chi connectivity index (χ1) is 19.8. The Morgan fingerprint density at radius 3 is 2.46 bits per heavy atom. The monoisotopic (exact) mass is 583 g/mol. The first-order valence-corrected chi connectivity index (χ1v) is 15.8. The number of thioether (sulfide) groups is 1. The van der Waals surface area contributed by atoms with Gasteiger partial charge in [0.05, 0.1) is 29.8 Å². The zero-order valence-electron chi connectivity index (χ0n) is 24.7. The number of unbranched alkanes of at least 4 members (excludes halogenated alkanes) is 2. The van der Waals surface area contributed by atoms with Crippen LogP contribution in [-0.2, 0) is 14.4 Å². The van der Waals surface area contributed by atoms with Crippen LogP contribution in [0.15, 0.2) is 49.6 Å². The number of nitrogens with zero attached hydrogens (tertiary/aromatic N) is 3. The lowest BCUT2D eigenvalue weighted by Crippen LogP contribution is -2.57. The summed E-state index contributed by atoms with van der Waals surface area (Å²) >= 11 is 1.66. The molecule has 9 heteroatoms. The molecule has 0 aliphatic carbocycles. The molecule has 1 aromatic carbocycles. The summed E-state index contributed by atoms with van der Waals surface area (Å²) in [7, 11) is 0. The molecule has 1 N–H and O–H groups in total. The van der Waals surface area contributed by atoms with Crippen LogP contribution in [0.1, 0.15) is 46.5 Å². The molecule has 2 bridgehead atoms. The van der Waals surface area contributed by atoms with E-state index in [0.29, 0.717) is 31.9 Å². The summed E-state index contributed by atoms with van der Waals surface area (Å²) in [4.78, 5) is 48.0. The summed E-state index contributed by atoms with van der Waals surface area (Å²) in [6, 6.07) is 6.67. The number of fused-ring (bicyclic) bond motifs is 1. The van der Waals surface area contributed by atoms with Crippen molar-refractivity contribution in [1.29, 1.82) is 0 Å². The quantitative estimate of drug-likeness (QED) is 0.247. The van der Waals surface area contributed by atoms with E-state index >= 15 is 0 Å². The number of aliphatic hydroxyl groups is 1. The van der Waals surface area contributed by atoms with E-state index < -0.39 is 22.6 Å². The Balaban J connectivity index is 1.71. The number of anilines is 1. The first kappa shape index (κ1) is 31.2. The molecule has 8 nitrogen and oxygen atoms in total. The third-order valence-corrected chi connectivity index (χ3v) is 10.9. The summed E-state index contributed by atoms with van der Waals surface area (Å²) < 4.78 is 4.85. The topological polar surface area (TPSA) is 90.4 Å². The Hall–Kier alpha value is -2.78. The smallest absolute Gasteiger partial charge is 0.247 e. The number of amides is 3. The molecule has 224 valence electrons. The van der Waals surface area contributed by atoms with Crippen LogP contribution >= 0.6 is 11.8 Å². The molecule has 6 atom stereocenters. The van der Waals surface area contributed by atoms with Crippen LogP contribution in [0.25, 0.3) is 0 Å². The van der Waals surface area contributed by atoms with Gasteiger partial charge in [-0.15, -0.1) is 24.9 Å². The largest absolute Gasteiger partial charge is 0.494 e. The van der Waals surface area contributed by atoms with Gasteiger partial charge < -0.3 is 24.5 Å². The number of β-amino-alcohol motifs (C(OH)–C–C–N with tert-alkyl or cyclic N) is 1. The van der Waals surface area contributed by atoms with Gasteiger partial charge in [-0.25, -0.2) is 0 Å². The van der Waals surface area contributed by atoms with Crippen molar-refractivity contribution in [1.82, 2.24) is 9.80 Å². The SMILES string of the molecule is C=CCN(CCCCC)C(=O)C1N(CCO)C(=O)[C@@H]2[C@H](C(=O)N(CC=C)c3ccc(OCC)cc3)[C@@H]3CC(C)C12S3. The second-order valence-electron chi connectivity index (χ2n) is 11.3. The normalized spacial score (nSPS) is 28.0. The maximum atomic E-state index is 14.4. The number of hydrogen-bond donors (Lipinski definition) is 1. The van der Waals surface area contributed by atoms with Crippen LogP contribution in [0.3, 0.4) is 0 Å². The Kier molecular flexibility index (Phi) is 10.2. The highest BCUT2D eigenvalue weighted by Crippen LogP contribution is 2.69. The van der Waals surface area contributed by atoms with E-state index in [4.69, 9.17) is 4.74 Å². The molecule has 0 aromatic heterocycles. The standard InChI is InChI=1S/C32H45N3O5S/c1-6-10-11-18-33(16-7-2)31(39)28-32-22(5)21-25(41-32)26(27(32)30(38)35(28)19-20-36)29(37)34(17-8-3)23-12-14-24(15-13-23)40-9-4/h7-8,12-15,22,25-28,36H,2-3,6,9-11,16-21H2,1,4-5H3/t22?,25-,26+,27-,28?,32?/m0/s1. The third-order valence-electron chi connectivity index (χ3n) is 8.84. The van der Waals surface area contributed by atoms with Gasteiger partial charge in [0.2, 0.25) is 17.7 Å².